The van der Waals surface area contributed by atoms with E-state index in [4.69, 9.17) is 14.5 Å². The molecule has 8 nitrogen and oxygen atoms in total. The van der Waals surface area contributed by atoms with Crippen molar-refractivity contribution in [1.29, 1.82) is 0 Å². The largest absolute Gasteiger partial charge is 0.486 e. The molecule has 0 fully saturated rings. The lowest BCUT2D eigenvalue weighted by Crippen LogP contribution is -2.46. The smallest absolute Gasteiger partial charge is 0.255 e. The van der Waals surface area contributed by atoms with Gasteiger partial charge >= 0.3 is 0 Å². The third kappa shape index (κ3) is 3.65. The van der Waals surface area contributed by atoms with Crippen LogP contribution >= 0.6 is 0 Å². The van der Waals surface area contributed by atoms with E-state index in [2.05, 4.69) is 4.98 Å². The fourth-order valence-electron chi connectivity index (χ4n) is 3.95. The molecular formula is C23H22N4O4. The summed E-state index contributed by atoms with van der Waals surface area (Å²) in [5, 5.41) is 0. The summed E-state index contributed by atoms with van der Waals surface area (Å²) in [6.45, 7) is 3.71. The molecule has 0 amide bonds. The van der Waals surface area contributed by atoms with Gasteiger partial charge in [0.1, 0.15) is 13.2 Å². The standard InChI is InChI=1S/C23H22N4O4/c1-15-6-9-26-22(29)13-18(16-4-7-24-8-5-16)25-23(26)27(15)14-19(28)17-2-3-20-21(12-17)31-11-10-30-20/h2-5,7-8,12-13,15H,6,9-11,14H2,1H3. The summed E-state index contributed by atoms with van der Waals surface area (Å²) in [5.74, 6) is 1.68. The normalized spacial score (nSPS) is 17.2. The van der Waals surface area contributed by atoms with Crippen molar-refractivity contribution in [3.05, 3.63) is 64.7 Å². The number of pyridine rings is 1. The van der Waals surface area contributed by atoms with Crippen molar-refractivity contribution < 1.29 is 14.3 Å². The first kappa shape index (κ1) is 19.3. The van der Waals surface area contributed by atoms with Gasteiger partial charge in [0, 0.05) is 42.2 Å². The van der Waals surface area contributed by atoms with Crippen LogP contribution in [0.4, 0.5) is 5.95 Å². The maximum Gasteiger partial charge on any atom is 0.255 e. The van der Waals surface area contributed by atoms with Crippen LogP contribution in [-0.2, 0) is 6.54 Å². The van der Waals surface area contributed by atoms with Crippen molar-refractivity contribution in [2.75, 3.05) is 24.7 Å². The van der Waals surface area contributed by atoms with Crippen LogP contribution in [0.3, 0.4) is 0 Å². The number of ketones is 1. The van der Waals surface area contributed by atoms with E-state index in [1.807, 2.05) is 24.0 Å². The van der Waals surface area contributed by atoms with Gasteiger partial charge in [-0.15, -0.1) is 0 Å². The Morgan fingerprint density at radius 2 is 1.87 bits per heavy atom. The molecule has 31 heavy (non-hydrogen) atoms. The van der Waals surface area contributed by atoms with Crippen LogP contribution in [0.15, 0.2) is 53.6 Å². The van der Waals surface area contributed by atoms with Gasteiger partial charge in [0.05, 0.1) is 12.2 Å². The van der Waals surface area contributed by atoms with Crippen molar-refractivity contribution in [3.8, 4) is 22.8 Å². The molecule has 0 aliphatic carbocycles. The molecule has 0 saturated carbocycles. The molecule has 1 aromatic carbocycles. The topological polar surface area (TPSA) is 86.6 Å². The molecule has 5 rings (SSSR count). The number of anilines is 1. The predicted octanol–water partition coefficient (Wildman–Crippen LogP) is 2.56. The molecule has 0 radical (unpaired) electrons. The Kier molecular flexibility index (Phi) is 4.89. The molecule has 8 heteroatoms. The summed E-state index contributed by atoms with van der Waals surface area (Å²) >= 11 is 0. The van der Waals surface area contributed by atoms with Gasteiger partial charge in [0.25, 0.3) is 5.56 Å². The number of hydrogen-bond acceptors (Lipinski definition) is 7. The van der Waals surface area contributed by atoms with Crippen molar-refractivity contribution in [1.82, 2.24) is 14.5 Å². The number of carbonyl (C=O) groups excluding carboxylic acids is 1. The molecule has 2 aliphatic heterocycles. The van der Waals surface area contributed by atoms with E-state index in [1.165, 1.54) is 6.07 Å². The lowest BCUT2D eigenvalue weighted by atomic mass is 10.1. The van der Waals surface area contributed by atoms with Crippen LogP contribution in [0.1, 0.15) is 23.7 Å². The van der Waals surface area contributed by atoms with E-state index in [0.29, 0.717) is 48.5 Å². The average Bonchev–Trinajstić information content (AvgIpc) is 2.81. The molecule has 0 N–H and O–H groups in total. The number of aromatic nitrogens is 3. The molecule has 3 aromatic rings. The fourth-order valence-corrected chi connectivity index (χ4v) is 3.95. The highest BCUT2D eigenvalue weighted by molar-refractivity contribution is 5.99. The molecule has 0 spiro atoms. The number of carbonyl (C=O) groups is 1. The molecule has 0 bridgehead atoms. The van der Waals surface area contributed by atoms with Gasteiger partial charge in [-0.1, -0.05) is 0 Å². The van der Waals surface area contributed by atoms with Crippen LogP contribution in [0, 0.1) is 0 Å². The highest BCUT2D eigenvalue weighted by Crippen LogP contribution is 2.31. The Labute approximate surface area is 179 Å². The minimum absolute atomic E-state index is 0.0687. The van der Waals surface area contributed by atoms with Gasteiger partial charge in [0.15, 0.2) is 17.3 Å². The van der Waals surface area contributed by atoms with Crippen molar-refractivity contribution in [3.63, 3.8) is 0 Å². The zero-order valence-electron chi connectivity index (χ0n) is 17.2. The maximum absolute atomic E-state index is 13.1. The third-order valence-corrected chi connectivity index (χ3v) is 5.70. The van der Waals surface area contributed by atoms with Crippen molar-refractivity contribution in [2.24, 2.45) is 0 Å². The van der Waals surface area contributed by atoms with Crippen LogP contribution in [0.2, 0.25) is 0 Å². The second-order valence-electron chi connectivity index (χ2n) is 7.71. The van der Waals surface area contributed by atoms with E-state index in [-0.39, 0.29) is 23.9 Å². The molecular weight excluding hydrogens is 396 g/mol. The summed E-state index contributed by atoms with van der Waals surface area (Å²) < 4.78 is 12.8. The van der Waals surface area contributed by atoms with Gasteiger partial charge in [-0.3, -0.25) is 19.1 Å². The van der Waals surface area contributed by atoms with E-state index >= 15 is 0 Å². The third-order valence-electron chi connectivity index (χ3n) is 5.70. The molecule has 2 aliphatic rings. The first-order chi connectivity index (χ1) is 15.1. The zero-order valence-corrected chi connectivity index (χ0v) is 17.2. The Balaban J connectivity index is 1.48. The number of nitrogens with zero attached hydrogens (tertiary/aromatic N) is 4. The Morgan fingerprint density at radius 1 is 1.10 bits per heavy atom. The highest BCUT2D eigenvalue weighted by Gasteiger charge is 2.28. The summed E-state index contributed by atoms with van der Waals surface area (Å²) in [5.41, 5.74) is 1.80. The van der Waals surface area contributed by atoms with E-state index in [9.17, 15) is 9.59 Å². The molecule has 1 atom stereocenters. The van der Waals surface area contributed by atoms with Gasteiger partial charge in [0.2, 0.25) is 5.95 Å². The van der Waals surface area contributed by atoms with Crippen LogP contribution in [0.5, 0.6) is 11.5 Å². The SMILES string of the molecule is CC1CCn2c(nc(-c3ccncc3)cc2=O)N1CC(=O)c1ccc2c(c1)OCCO2. The monoisotopic (exact) mass is 418 g/mol. The first-order valence-corrected chi connectivity index (χ1v) is 10.3. The molecule has 4 heterocycles. The highest BCUT2D eigenvalue weighted by atomic mass is 16.6. The number of benzene rings is 1. The number of fused-ring (bicyclic) bond motifs is 2. The molecule has 0 saturated heterocycles. The predicted molar refractivity (Wildman–Crippen MR) is 115 cm³/mol. The van der Waals surface area contributed by atoms with E-state index in [0.717, 1.165) is 12.0 Å². The summed E-state index contributed by atoms with van der Waals surface area (Å²) in [6, 6.07) is 10.5. The minimum Gasteiger partial charge on any atom is -0.486 e. The van der Waals surface area contributed by atoms with Crippen LogP contribution in [0.25, 0.3) is 11.3 Å². The number of Topliss-reactive ketones (excluding diaryl/α,β-unsaturated/α-hetero) is 1. The second kappa shape index (κ2) is 7.86. The molecule has 2 aromatic heterocycles. The zero-order chi connectivity index (χ0) is 21.4. The molecule has 1 unspecified atom stereocenters. The fraction of sp³-hybridized carbons (Fsp3) is 0.304. The quantitative estimate of drug-likeness (QED) is 0.602. The van der Waals surface area contributed by atoms with E-state index < -0.39 is 0 Å². The van der Waals surface area contributed by atoms with Gasteiger partial charge < -0.3 is 14.4 Å². The van der Waals surface area contributed by atoms with Gasteiger partial charge in [-0.05, 0) is 43.7 Å². The van der Waals surface area contributed by atoms with Gasteiger partial charge in [-0.25, -0.2) is 4.98 Å². The Hall–Kier alpha value is -3.68. The van der Waals surface area contributed by atoms with Crippen molar-refractivity contribution >= 4 is 11.7 Å². The first-order valence-electron chi connectivity index (χ1n) is 10.3. The summed E-state index contributed by atoms with van der Waals surface area (Å²) in [4.78, 5) is 36.6. The number of rotatable bonds is 4. The maximum atomic E-state index is 13.1. The second-order valence-corrected chi connectivity index (χ2v) is 7.71. The number of hydrogen-bond donors (Lipinski definition) is 0. The average molecular weight is 418 g/mol. The summed E-state index contributed by atoms with van der Waals surface area (Å²) in [7, 11) is 0. The van der Waals surface area contributed by atoms with Crippen molar-refractivity contribution in [2.45, 2.75) is 25.9 Å². The van der Waals surface area contributed by atoms with Crippen LogP contribution in [-0.4, -0.2) is 46.1 Å². The minimum atomic E-state index is -0.125. The Morgan fingerprint density at radius 3 is 2.68 bits per heavy atom. The Bertz CT molecular complexity index is 1190. The summed E-state index contributed by atoms with van der Waals surface area (Å²) in [6.07, 6.45) is 4.09. The molecule has 158 valence electrons. The lowest BCUT2D eigenvalue weighted by molar-refractivity contribution is 0.0993. The number of ether oxygens (including phenoxy) is 2. The lowest BCUT2D eigenvalue weighted by Gasteiger charge is -2.36. The van der Waals surface area contributed by atoms with E-state index in [1.54, 1.807) is 35.2 Å². The van der Waals surface area contributed by atoms with Crippen LogP contribution < -0.4 is 19.9 Å². The van der Waals surface area contributed by atoms with Gasteiger partial charge in [-0.2, -0.15) is 0 Å².